The van der Waals surface area contributed by atoms with Crippen molar-refractivity contribution in [2.75, 3.05) is 20.2 Å². The van der Waals surface area contributed by atoms with E-state index in [-0.39, 0.29) is 29.9 Å². The molecule has 3 fully saturated rings. The Balaban J connectivity index is 1.55. The summed E-state index contributed by atoms with van der Waals surface area (Å²) >= 11 is 0. The highest BCUT2D eigenvalue weighted by Crippen LogP contribution is 2.55. The maximum atomic E-state index is 13.2. The molecule has 2 bridgehead atoms. The quantitative estimate of drug-likeness (QED) is 0.588. The van der Waals surface area contributed by atoms with Crippen molar-refractivity contribution >= 4 is 12.0 Å². The van der Waals surface area contributed by atoms with Gasteiger partial charge in [-0.25, -0.2) is 9.18 Å². The number of ether oxygens (including phenoxy) is 2. The fraction of sp³-hybridized carbons (Fsp3) is 0.615. The van der Waals surface area contributed by atoms with Gasteiger partial charge < -0.3 is 20.1 Å². The van der Waals surface area contributed by atoms with Gasteiger partial charge in [0.15, 0.2) is 0 Å². The number of carbonyl (C=O) groups excluding carboxylic acids is 2. The minimum atomic E-state index is -0.610. The molecule has 0 spiro atoms. The molecule has 3 aliphatic carbocycles. The smallest absolute Gasteiger partial charge is 0.407 e. The van der Waals surface area contributed by atoms with Gasteiger partial charge in [-0.1, -0.05) is 18.6 Å². The molecule has 7 heteroatoms. The average Bonchev–Trinajstić information content (AvgIpc) is 3.10. The monoisotopic (exact) mass is 460 g/mol. The van der Waals surface area contributed by atoms with Crippen LogP contribution in [0.1, 0.15) is 71.3 Å². The number of rotatable bonds is 7. The highest BCUT2D eigenvalue weighted by Gasteiger charge is 2.49. The van der Waals surface area contributed by atoms with E-state index in [0.717, 1.165) is 44.9 Å². The van der Waals surface area contributed by atoms with Crippen LogP contribution in [0.15, 0.2) is 36.2 Å². The van der Waals surface area contributed by atoms with E-state index in [9.17, 15) is 14.0 Å². The first-order valence-electron chi connectivity index (χ1n) is 11.8. The lowest BCUT2D eigenvalue weighted by Gasteiger charge is -2.42. The van der Waals surface area contributed by atoms with E-state index in [1.54, 1.807) is 27.8 Å². The van der Waals surface area contributed by atoms with Gasteiger partial charge >= 0.3 is 6.09 Å². The minimum Gasteiger partial charge on any atom is -0.489 e. The van der Waals surface area contributed by atoms with Crippen molar-refractivity contribution in [1.82, 2.24) is 10.6 Å². The van der Waals surface area contributed by atoms with Crippen LogP contribution in [-0.4, -0.2) is 37.8 Å². The Labute approximate surface area is 196 Å². The second-order valence-corrected chi connectivity index (χ2v) is 10.4. The lowest BCUT2D eigenvalue weighted by molar-refractivity contribution is -0.132. The first kappa shape index (κ1) is 25.1. The molecule has 0 radical (unpaired) electrons. The summed E-state index contributed by atoms with van der Waals surface area (Å²) < 4.78 is 24.2. The molecule has 0 aromatic heterocycles. The molecule has 2 amide bonds. The summed E-state index contributed by atoms with van der Waals surface area (Å²) in [5, 5.41) is 5.41. The Bertz CT molecular complexity index is 865. The van der Waals surface area contributed by atoms with E-state index < -0.39 is 11.7 Å². The van der Waals surface area contributed by atoms with Gasteiger partial charge in [0.25, 0.3) is 0 Å². The number of alkyl carbamates (subject to hydrolysis) is 1. The van der Waals surface area contributed by atoms with Crippen LogP contribution < -0.4 is 15.4 Å². The number of fused-ring (bicyclic) bond motifs is 4. The largest absolute Gasteiger partial charge is 0.489 e. The van der Waals surface area contributed by atoms with E-state index >= 15 is 0 Å². The van der Waals surface area contributed by atoms with Crippen molar-refractivity contribution < 1.29 is 23.5 Å². The summed E-state index contributed by atoms with van der Waals surface area (Å²) in [7, 11) is 1.74. The van der Waals surface area contributed by atoms with Crippen LogP contribution in [0.5, 0.6) is 5.75 Å². The SMILES string of the molecule is CNC(=O)C12CCCC(c3ccc(OCC(=CF)CNC(=O)OC(C)(C)C)cc3)(CC1)CC2. The van der Waals surface area contributed by atoms with Gasteiger partial charge in [-0.15, -0.1) is 0 Å². The van der Waals surface area contributed by atoms with E-state index in [1.807, 2.05) is 12.1 Å². The molecule has 182 valence electrons. The number of amides is 2. The van der Waals surface area contributed by atoms with Gasteiger partial charge in [-0.05, 0) is 82.4 Å². The lowest BCUT2D eigenvalue weighted by Crippen LogP contribution is -2.43. The average molecular weight is 461 g/mol. The maximum absolute atomic E-state index is 13.2. The van der Waals surface area contributed by atoms with E-state index in [1.165, 1.54) is 5.56 Å². The van der Waals surface area contributed by atoms with Crippen molar-refractivity contribution in [1.29, 1.82) is 0 Å². The molecule has 4 rings (SSSR count). The van der Waals surface area contributed by atoms with Crippen molar-refractivity contribution in [2.24, 2.45) is 5.41 Å². The Morgan fingerprint density at radius 1 is 1.06 bits per heavy atom. The van der Waals surface area contributed by atoms with E-state index in [4.69, 9.17) is 9.47 Å². The van der Waals surface area contributed by atoms with Crippen LogP contribution in [0.25, 0.3) is 0 Å². The second-order valence-electron chi connectivity index (χ2n) is 10.4. The summed E-state index contributed by atoms with van der Waals surface area (Å²) in [6.07, 6.45) is 6.87. The molecule has 0 saturated heterocycles. The molecule has 0 atom stereocenters. The molecule has 33 heavy (non-hydrogen) atoms. The van der Waals surface area contributed by atoms with Crippen LogP contribution in [0.3, 0.4) is 0 Å². The zero-order valence-corrected chi connectivity index (χ0v) is 20.3. The van der Waals surface area contributed by atoms with Crippen molar-refractivity contribution in [3.63, 3.8) is 0 Å². The molecular weight excluding hydrogens is 423 g/mol. The fourth-order valence-corrected chi connectivity index (χ4v) is 5.21. The molecule has 1 aromatic carbocycles. The van der Waals surface area contributed by atoms with Crippen molar-refractivity contribution in [3.05, 3.63) is 41.7 Å². The summed E-state index contributed by atoms with van der Waals surface area (Å²) in [4.78, 5) is 24.2. The first-order chi connectivity index (χ1) is 15.6. The Morgan fingerprint density at radius 2 is 1.73 bits per heavy atom. The molecule has 3 saturated carbocycles. The normalized spacial score (nSPS) is 25.2. The zero-order valence-electron chi connectivity index (χ0n) is 20.3. The lowest BCUT2D eigenvalue weighted by atomic mass is 9.62. The zero-order chi connectivity index (χ0) is 24.1. The Hall–Kier alpha value is -2.57. The predicted molar refractivity (Wildman–Crippen MR) is 126 cm³/mol. The van der Waals surface area contributed by atoms with Gasteiger partial charge in [-0.3, -0.25) is 4.79 Å². The highest BCUT2D eigenvalue weighted by molar-refractivity contribution is 5.82. The summed E-state index contributed by atoms with van der Waals surface area (Å²) in [6.45, 7) is 5.35. The summed E-state index contributed by atoms with van der Waals surface area (Å²) in [5.74, 6) is 0.843. The second kappa shape index (κ2) is 10.1. The molecule has 2 N–H and O–H groups in total. The van der Waals surface area contributed by atoms with Gasteiger partial charge in [-0.2, -0.15) is 0 Å². The number of benzene rings is 1. The maximum Gasteiger partial charge on any atom is 0.407 e. The number of carbonyl (C=O) groups is 2. The Kier molecular flexibility index (Phi) is 7.70. The van der Waals surface area contributed by atoms with E-state index in [2.05, 4.69) is 22.8 Å². The number of halogens is 1. The topological polar surface area (TPSA) is 76.7 Å². The number of nitrogens with one attached hydrogen (secondary N) is 2. The van der Waals surface area contributed by atoms with Gasteiger partial charge in [0.05, 0.1) is 6.33 Å². The van der Waals surface area contributed by atoms with Crippen molar-refractivity contribution in [2.45, 2.75) is 76.7 Å². The van der Waals surface area contributed by atoms with Crippen LogP contribution in [0.2, 0.25) is 0 Å². The number of hydrogen-bond acceptors (Lipinski definition) is 4. The molecule has 3 aliphatic rings. The van der Waals surface area contributed by atoms with Gasteiger partial charge in [0, 0.05) is 24.6 Å². The number of hydrogen-bond donors (Lipinski definition) is 2. The third-order valence-electron chi connectivity index (χ3n) is 7.09. The standard InChI is InChI=1S/C26H37FN2O4/c1-24(2,3)33-23(31)29-17-19(16-27)18-32-21-8-6-20(7-9-21)25-10-5-11-26(14-12-25,15-13-25)22(30)28-4/h6-9,16H,5,10-15,17-18H2,1-4H3,(H,28,30)(H,29,31). The highest BCUT2D eigenvalue weighted by atomic mass is 19.1. The molecule has 0 heterocycles. The van der Waals surface area contributed by atoms with Crippen LogP contribution in [-0.2, 0) is 14.9 Å². The van der Waals surface area contributed by atoms with Crippen LogP contribution in [0.4, 0.5) is 9.18 Å². The molecule has 6 nitrogen and oxygen atoms in total. The van der Waals surface area contributed by atoms with Crippen molar-refractivity contribution in [3.8, 4) is 5.75 Å². The van der Waals surface area contributed by atoms with Gasteiger partial charge in [0.1, 0.15) is 18.0 Å². The summed E-state index contributed by atoms with van der Waals surface area (Å²) in [5.41, 5.74) is 0.912. The summed E-state index contributed by atoms with van der Waals surface area (Å²) in [6, 6.07) is 8.05. The minimum absolute atomic E-state index is 0.0136. The molecule has 0 unspecified atom stereocenters. The van der Waals surface area contributed by atoms with E-state index in [0.29, 0.717) is 17.7 Å². The van der Waals surface area contributed by atoms with Crippen LogP contribution >= 0.6 is 0 Å². The Morgan fingerprint density at radius 3 is 2.30 bits per heavy atom. The molecule has 0 aliphatic heterocycles. The predicted octanol–water partition coefficient (Wildman–Crippen LogP) is 5.17. The molecule has 1 aromatic rings. The molecular formula is C26H37FN2O4. The van der Waals surface area contributed by atoms with Crippen LogP contribution in [0, 0.1) is 5.41 Å². The first-order valence-corrected chi connectivity index (χ1v) is 11.8. The van der Waals surface area contributed by atoms with Gasteiger partial charge in [0.2, 0.25) is 5.91 Å². The fourth-order valence-electron chi connectivity index (χ4n) is 5.21. The third-order valence-corrected chi connectivity index (χ3v) is 7.09. The third kappa shape index (κ3) is 6.06.